The molecule has 4 atom stereocenters. The first-order valence-corrected chi connectivity index (χ1v) is 5.23. The van der Waals surface area contributed by atoms with E-state index in [1.165, 1.54) is 0 Å². The Hall–Kier alpha value is -1.03. The molecule has 4 unspecified atom stereocenters. The smallest absolute Gasteiger partial charge is 0.151 e. The van der Waals surface area contributed by atoms with Gasteiger partial charge in [-0.1, -0.05) is 0 Å². The molecule has 0 aliphatic carbocycles. The minimum atomic E-state index is -1.79. The quantitative estimate of drug-likeness (QED) is 0.258. The van der Waals surface area contributed by atoms with E-state index in [9.17, 15) is 4.79 Å². The number of rotatable bonds is 5. The molecule has 0 bridgehead atoms. The number of nitriles is 2. The maximum absolute atomic E-state index is 9.90. The molecule has 0 saturated heterocycles. The summed E-state index contributed by atoms with van der Waals surface area (Å²) in [7, 11) is 0. The Kier molecular flexibility index (Phi) is 12.4. The molecule has 0 amide bonds. The van der Waals surface area contributed by atoms with E-state index in [2.05, 4.69) is 0 Å². The molecule has 0 aliphatic rings. The molecule has 0 spiro atoms. The molecule has 0 rings (SSSR count). The van der Waals surface area contributed by atoms with Gasteiger partial charge in [-0.2, -0.15) is 0 Å². The second-order valence-electron chi connectivity index (χ2n) is 2.60. The molecular formula is C8H12FeN2O6. The van der Waals surface area contributed by atoms with Gasteiger partial charge in [0.05, 0.1) is 6.61 Å². The molecule has 0 radical (unpaired) electrons. The fourth-order valence-electron chi connectivity index (χ4n) is 0.636. The van der Waals surface area contributed by atoms with Gasteiger partial charge in [-0.3, -0.25) is 0 Å². The van der Waals surface area contributed by atoms with Crippen LogP contribution in [0.3, 0.4) is 0 Å². The van der Waals surface area contributed by atoms with Crippen LogP contribution in [0, 0.1) is 20.5 Å². The molecule has 0 aliphatic heterocycles. The number of aldehydes is 1. The number of hydrogen-bond donors (Lipinski definition) is 5. The molecular weight excluding hydrogens is 276 g/mol. The van der Waals surface area contributed by atoms with Crippen molar-refractivity contribution in [1.29, 1.82) is 10.5 Å². The monoisotopic (exact) mass is 288 g/mol. The number of nitrogens with zero attached hydrogens (tertiary/aromatic N) is 2. The van der Waals surface area contributed by atoms with Crippen molar-refractivity contribution in [2.24, 2.45) is 0 Å². The van der Waals surface area contributed by atoms with Crippen LogP contribution in [0.4, 0.5) is 0 Å². The summed E-state index contributed by atoms with van der Waals surface area (Å²) in [5.74, 6) is 0. The van der Waals surface area contributed by atoms with E-state index < -0.39 is 31.0 Å². The number of carbonyl (C=O) groups excluding carboxylic acids is 1. The topological polar surface area (TPSA) is 166 Å². The van der Waals surface area contributed by atoms with E-state index in [4.69, 9.17) is 36.1 Å². The zero-order chi connectivity index (χ0) is 13.8. The van der Waals surface area contributed by atoms with Crippen molar-refractivity contribution in [3.8, 4) is 9.94 Å². The molecule has 17 heavy (non-hydrogen) atoms. The average Bonchev–Trinajstić information content (AvgIpc) is 2.36. The second kappa shape index (κ2) is 11.5. The summed E-state index contributed by atoms with van der Waals surface area (Å²) >= 11 is 0. The largest absolute Gasteiger partial charge is 0.394 e. The Morgan fingerprint density at radius 3 is 1.82 bits per heavy atom. The minimum Gasteiger partial charge on any atom is -0.394 e. The predicted molar refractivity (Wildman–Crippen MR) is 48.4 cm³/mol. The van der Waals surface area contributed by atoms with E-state index in [-0.39, 0.29) is 21.2 Å². The summed E-state index contributed by atoms with van der Waals surface area (Å²) in [6, 6.07) is 0. The Labute approximate surface area is 103 Å². The van der Waals surface area contributed by atoms with Crippen molar-refractivity contribution in [3.63, 3.8) is 0 Å². The first-order chi connectivity index (χ1) is 7.95. The van der Waals surface area contributed by atoms with Gasteiger partial charge in [-0.15, -0.1) is 0 Å². The Balaban J connectivity index is 0. The van der Waals surface area contributed by atoms with Gasteiger partial charge in [0.2, 0.25) is 0 Å². The molecule has 0 saturated carbocycles. The van der Waals surface area contributed by atoms with Crippen LogP contribution in [-0.4, -0.2) is 62.8 Å². The van der Waals surface area contributed by atoms with Gasteiger partial charge in [0.25, 0.3) is 0 Å². The molecule has 0 fully saturated rings. The molecule has 0 aromatic rings. The van der Waals surface area contributed by atoms with Crippen molar-refractivity contribution >= 4 is 6.29 Å². The summed E-state index contributed by atoms with van der Waals surface area (Å²) < 4.78 is 0. The van der Waals surface area contributed by atoms with Gasteiger partial charge in [0.1, 0.15) is 24.4 Å². The van der Waals surface area contributed by atoms with Gasteiger partial charge >= 0.3 is 35.4 Å². The van der Waals surface area contributed by atoms with Gasteiger partial charge in [-0.05, 0) is 0 Å². The summed E-state index contributed by atoms with van der Waals surface area (Å²) in [6.07, 6.45) is -6.84. The van der Waals surface area contributed by atoms with Crippen LogP contribution in [0.2, 0.25) is 0 Å². The fourth-order valence-corrected chi connectivity index (χ4v) is 0.691. The van der Waals surface area contributed by atoms with Crippen LogP contribution in [0.1, 0.15) is 0 Å². The Morgan fingerprint density at radius 1 is 1.12 bits per heavy atom. The van der Waals surface area contributed by atoms with E-state index in [0.717, 1.165) is 0 Å². The fraction of sp³-hybridized carbons (Fsp3) is 0.625. The number of carbonyl (C=O) groups is 1. The zero-order valence-electron chi connectivity index (χ0n) is 8.49. The van der Waals surface area contributed by atoms with Crippen molar-refractivity contribution in [2.75, 3.05) is 6.61 Å². The third-order valence-corrected chi connectivity index (χ3v) is 1.75. The number of hydrogen-bond acceptors (Lipinski definition) is 8. The first-order valence-electron chi connectivity index (χ1n) is 4.13. The summed E-state index contributed by atoms with van der Waals surface area (Å²) in [4.78, 5) is 13.2. The predicted octanol–water partition coefficient (Wildman–Crippen LogP) is -3.35. The van der Waals surface area contributed by atoms with Crippen LogP contribution in [0.15, 0.2) is 0 Å². The summed E-state index contributed by atoms with van der Waals surface area (Å²) in [5, 5.41) is 58.7. The van der Waals surface area contributed by atoms with Crippen molar-refractivity contribution < 1.29 is 45.3 Å². The number of aliphatic hydroxyl groups excluding tert-OH is 5. The van der Waals surface area contributed by atoms with E-state index in [0.29, 0.717) is 0 Å². The van der Waals surface area contributed by atoms with E-state index in [1.54, 1.807) is 9.94 Å². The maximum Gasteiger partial charge on any atom is 0.151 e. The molecule has 98 valence electrons. The van der Waals surface area contributed by atoms with Gasteiger partial charge in [-0.25, -0.2) is 0 Å². The first kappa shape index (κ1) is 18.3. The van der Waals surface area contributed by atoms with Crippen molar-refractivity contribution in [3.05, 3.63) is 0 Å². The third-order valence-electron chi connectivity index (χ3n) is 1.50. The Bertz CT molecular complexity index is 277. The van der Waals surface area contributed by atoms with Crippen molar-refractivity contribution in [2.45, 2.75) is 24.4 Å². The standard InChI is InChI=1S/C6H12O6.2CN.Fe/c7-1-3(9)5(11)6(12)4(10)2-8;2*1-2;/h1,3-6,8-12H,2H2;;;. The molecule has 5 N–H and O–H groups in total. The summed E-state index contributed by atoms with van der Waals surface area (Å²) in [5.41, 5.74) is 0. The van der Waals surface area contributed by atoms with Gasteiger partial charge in [0.15, 0.2) is 6.29 Å². The second-order valence-corrected chi connectivity index (χ2v) is 3.37. The zero-order valence-corrected chi connectivity index (χ0v) is 9.59. The number of aliphatic hydroxyl groups is 5. The van der Waals surface area contributed by atoms with E-state index >= 15 is 0 Å². The molecule has 0 aromatic carbocycles. The molecule has 9 heteroatoms. The summed E-state index contributed by atoms with van der Waals surface area (Å²) in [6.45, 7) is -0.760. The maximum atomic E-state index is 9.90. The van der Waals surface area contributed by atoms with Crippen LogP contribution in [0.5, 0.6) is 0 Å². The van der Waals surface area contributed by atoms with Gasteiger partial charge in [0, 0.05) is 0 Å². The molecule has 8 nitrogen and oxygen atoms in total. The normalized spacial score (nSPS) is 16.4. The van der Waals surface area contributed by atoms with Crippen LogP contribution >= 0.6 is 0 Å². The third kappa shape index (κ3) is 8.74. The molecule has 0 aromatic heterocycles. The van der Waals surface area contributed by atoms with Crippen LogP contribution in [0.25, 0.3) is 0 Å². The van der Waals surface area contributed by atoms with Gasteiger partial charge < -0.3 is 30.3 Å². The average molecular weight is 288 g/mol. The Morgan fingerprint density at radius 2 is 1.59 bits per heavy atom. The van der Waals surface area contributed by atoms with E-state index in [1.807, 2.05) is 0 Å². The minimum absolute atomic E-state index is 0. The molecule has 0 heterocycles. The van der Waals surface area contributed by atoms with Crippen LogP contribution < -0.4 is 0 Å². The SMILES string of the molecule is N#[C][Fe][C]#N.O=CC(O)C(O)C(O)C(O)CO. The van der Waals surface area contributed by atoms with Crippen molar-refractivity contribution in [1.82, 2.24) is 0 Å². The van der Waals surface area contributed by atoms with Crippen LogP contribution in [-0.2, 0) is 19.8 Å².